The highest BCUT2D eigenvalue weighted by atomic mass is 32.2. The van der Waals surface area contributed by atoms with Gasteiger partial charge in [-0.05, 0) is 42.8 Å². The quantitative estimate of drug-likeness (QED) is 0.474. The molecule has 1 aromatic carbocycles. The van der Waals surface area contributed by atoms with Gasteiger partial charge in [-0.25, -0.2) is 26.9 Å². The number of ether oxygens (including phenoxy) is 1. The zero-order valence-electron chi connectivity index (χ0n) is 19.4. The van der Waals surface area contributed by atoms with Gasteiger partial charge in [-0.1, -0.05) is 12.1 Å². The minimum atomic E-state index is -3.66. The van der Waals surface area contributed by atoms with Crippen LogP contribution in [-0.4, -0.2) is 61.2 Å². The summed E-state index contributed by atoms with van der Waals surface area (Å²) in [5.41, 5.74) is 3.91. The Morgan fingerprint density at radius 2 is 2.03 bits per heavy atom. The molecule has 0 bridgehead atoms. The molecule has 0 radical (unpaired) electrons. The molecule has 0 spiro atoms. The van der Waals surface area contributed by atoms with Gasteiger partial charge in [0, 0.05) is 39.0 Å². The van der Waals surface area contributed by atoms with Crippen molar-refractivity contribution in [3.05, 3.63) is 59.7 Å². The van der Waals surface area contributed by atoms with Crippen molar-refractivity contribution >= 4 is 27.1 Å². The van der Waals surface area contributed by atoms with E-state index in [4.69, 9.17) is 14.8 Å². The van der Waals surface area contributed by atoms with E-state index in [1.807, 2.05) is 13.0 Å². The fourth-order valence-electron chi connectivity index (χ4n) is 3.65. The number of benzene rings is 1. The second-order valence-corrected chi connectivity index (χ2v) is 9.95. The molecule has 182 valence electrons. The fourth-order valence-corrected chi connectivity index (χ4v) is 4.59. The van der Waals surface area contributed by atoms with Crippen molar-refractivity contribution in [1.29, 1.82) is 0 Å². The monoisotopic (exact) mass is 490 g/mol. The summed E-state index contributed by atoms with van der Waals surface area (Å²) in [5, 5.41) is 10.8. The number of nitrogens with one attached hydrogen (secondary N) is 1. The number of hydrogen-bond donors (Lipinski definition) is 2. The van der Waals surface area contributed by atoms with Gasteiger partial charge < -0.3 is 19.7 Å². The van der Waals surface area contributed by atoms with E-state index in [0.29, 0.717) is 33.5 Å². The number of allylic oxidation sites excluding steroid dienone is 1. The van der Waals surface area contributed by atoms with Crippen LogP contribution in [0.3, 0.4) is 0 Å². The lowest BCUT2D eigenvalue weighted by molar-refractivity contribution is 0.182. The highest BCUT2D eigenvalue weighted by Gasteiger charge is 2.22. The first kappa shape index (κ1) is 25.3. The Bertz CT molecular complexity index is 1350. The normalized spacial score (nSPS) is 12.5. The van der Waals surface area contributed by atoms with E-state index in [1.54, 1.807) is 35.9 Å². The van der Waals surface area contributed by atoms with Crippen LogP contribution in [0, 0.1) is 6.92 Å². The zero-order valence-corrected chi connectivity index (χ0v) is 20.2. The summed E-state index contributed by atoms with van der Waals surface area (Å²) >= 11 is 0. The molecule has 11 heteroatoms. The number of sulfonamides is 1. The maximum absolute atomic E-state index is 14.7. The molecule has 2 N–H and O–H groups in total. The van der Waals surface area contributed by atoms with Crippen molar-refractivity contribution in [2.75, 3.05) is 27.7 Å². The van der Waals surface area contributed by atoms with Crippen LogP contribution in [-0.2, 0) is 27.9 Å². The predicted octanol–water partition coefficient (Wildman–Crippen LogP) is 3.53. The molecule has 34 heavy (non-hydrogen) atoms. The second kappa shape index (κ2) is 10.3. The number of nitrogens with zero attached hydrogens (tertiary/aromatic N) is 3. The Hall–Kier alpha value is -3.28. The van der Waals surface area contributed by atoms with Crippen LogP contribution < -0.4 is 5.32 Å². The molecular weight excluding hydrogens is 463 g/mol. The van der Waals surface area contributed by atoms with Gasteiger partial charge in [-0.15, -0.1) is 0 Å². The number of amides is 1. The molecule has 3 rings (SSSR count). The van der Waals surface area contributed by atoms with Crippen LogP contribution in [0.1, 0.15) is 11.4 Å². The minimum Gasteiger partial charge on any atom is -0.465 e. The van der Waals surface area contributed by atoms with Crippen LogP contribution in [0.15, 0.2) is 53.2 Å². The van der Waals surface area contributed by atoms with Gasteiger partial charge in [0.15, 0.2) is 0 Å². The lowest BCUT2D eigenvalue weighted by atomic mass is 10.1. The van der Waals surface area contributed by atoms with Crippen molar-refractivity contribution in [2.45, 2.75) is 25.0 Å². The van der Waals surface area contributed by atoms with Gasteiger partial charge >= 0.3 is 6.09 Å². The van der Waals surface area contributed by atoms with E-state index in [9.17, 15) is 17.6 Å². The molecule has 0 aliphatic heterocycles. The Morgan fingerprint density at radius 3 is 2.68 bits per heavy atom. The molecule has 0 aliphatic rings. The molecule has 2 heterocycles. The first-order valence-electron chi connectivity index (χ1n) is 10.4. The average molecular weight is 491 g/mol. The van der Waals surface area contributed by atoms with Crippen LogP contribution in [0.4, 0.5) is 9.18 Å². The van der Waals surface area contributed by atoms with Crippen LogP contribution in [0.25, 0.3) is 22.2 Å². The standard InChI is InChI=1S/C23H27FN4O5S/c1-15-21(16-6-5-7-19(12-16)34(31,32)27(2)3)22-20(9-8-18(26-22)14-33-4)28(15)13-17(24)10-11-25-23(29)30/h5-10,12,25H,11,13-14H2,1-4H3,(H,29,30)/b17-10-. The van der Waals surface area contributed by atoms with E-state index in [0.717, 1.165) is 10.4 Å². The number of fused-ring (bicyclic) bond motifs is 1. The maximum atomic E-state index is 14.7. The van der Waals surface area contributed by atoms with Gasteiger partial charge in [0.05, 0.1) is 34.8 Å². The third-order valence-electron chi connectivity index (χ3n) is 5.31. The third-order valence-corrected chi connectivity index (χ3v) is 7.12. The highest BCUT2D eigenvalue weighted by Crippen LogP contribution is 2.35. The Morgan fingerprint density at radius 1 is 1.29 bits per heavy atom. The summed E-state index contributed by atoms with van der Waals surface area (Å²) < 4.78 is 48.1. The number of rotatable bonds is 9. The van der Waals surface area contributed by atoms with E-state index in [2.05, 4.69) is 5.32 Å². The number of halogens is 1. The number of carboxylic acid groups (broad SMARTS) is 1. The minimum absolute atomic E-state index is 0.133. The molecule has 0 fully saturated rings. The van der Waals surface area contributed by atoms with Crippen LogP contribution in [0.2, 0.25) is 0 Å². The number of carbonyl (C=O) groups is 1. The highest BCUT2D eigenvalue weighted by molar-refractivity contribution is 7.89. The molecule has 0 atom stereocenters. The van der Waals surface area contributed by atoms with Crippen molar-refractivity contribution in [2.24, 2.45) is 0 Å². The van der Waals surface area contributed by atoms with Gasteiger partial charge in [-0.3, -0.25) is 0 Å². The van der Waals surface area contributed by atoms with E-state index < -0.39 is 21.9 Å². The fraction of sp³-hybridized carbons (Fsp3) is 0.304. The first-order chi connectivity index (χ1) is 16.1. The van der Waals surface area contributed by atoms with Crippen molar-refractivity contribution in [1.82, 2.24) is 19.2 Å². The summed E-state index contributed by atoms with van der Waals surface area (Å²) in [4.78, 5) is 15.5. The maximum Gasteiger partial charge on any atom is 0.404 e. The van der Waals surface area contributed by atoms with Gasteiger partial charge in [-0.2, -0.15) is 0 Å². The van der Waals surface area contributed by atoms with Crippen LogP contribution >= 0.6 is 0 Å². The molecule has 0 saturated carbocycles. The molecule has 0 saturated heterocycles. The summed E-state index contributed by atoms with van der Waals surface area (Å²) in [6, 6.07) is 10.1. The van der Waals surface area contributed by atoms with Crippen molar-refractivity contribution < 1.29 is 27.4 Å². The molecule has 3 aromatic rings. The van der Waals surface area contributed by atoms with Gasteiger partial charge in [0.2, 0.25) is 10.0 Å². The molecule has 2 aromatic heterocycles. The molecule has 1 amide bonds. The number of methoxy groups -OCH3 is 1. The summed E-state index contributed by atoms with van der Waals surface area (Å²) in [5.74, 6) is -0.523. The lowest BCUT2D eigenvalue weighted by Crippen LogP contribution is -2.22. The molecular formula is C23H27FN4O5S. The van der Waals surface area contributed by atoms with Gasteiger partial charge in [0.25, 0.3) is 0 Å². The SMILES string of the molecule is COCc1ccc2c(n1)c(-c1cccc(S(=O)(=O)N(C)C)c1)c(C)n2C/C(F)=C/CNC(=O)O. The average Bonchev–Trinajstić information content (AvgIpc) is 3.04. The summed E-state index contributed by atoms with van der Waals surface area (Å²) in [6.07, 6.45) is -0.0767. The largest absolute Gasteiger partial charge is 0.465 e. The Kier molecular flexibility index (Phi) is 7.70. The topological polar surface area (TPSA) is 114 Å². The predicted molar refractivity (Wildman–Crippen MR) is 127 cm³/mol. The Labute approximate surface area is 197 Å². The Balaban J connectivity index is 2.17. The van der Waals surface area contributed by atoms with E-state index in [-0.39, 0.29) is 24.6 Å². The summed E-state index contributed by atoms with van der Waals surface area (Å²) in [6.45, 7) is 1.80. The molecule has 9 nitrogen and oxygen atoms in total. The van der Waals surface area contributed by atoms with Crippen molar-refractivity contribution in [3.8, 4) is 11.1 Å². The van der Waals surface area contributed by atoms with Gasteiger partial charge in [0.1, 0.15) is 5.83 Å². The second-order valence-electron chi connectivity index (χ2n) is 7.80. The van der Waals surface area contributed by atoms with E-state index >= 15 is 0 Å². The smallest absolute Gasteiger partial charge is 0.404 e. The van der Waals surface area contributed by atoms with Crippen molar-refractivity contribution in [3.63, 3.8) is 0 Å². The zero-order chi connectivity index (χ0) is 25.0. The first-order valence-corrected chi connectivity index (χ1v) is 11.8. The summed E-state index contributed by atoms with van der Waals surface area (Å²) in [7, 11) is 0.831. The number of hydrogen-bond acceptors (Lipinski definition) is 5. The number of pyridine rings is 1. The third kappa shape index (κ3) is 5.27. The molecule has 0 unspecified atom stereocenters. The molecule has 0 aliphatic carbocycles. The lowest BCUT2D eigenvalue weighted by Gasteiger charge is -2.12. The van der Waals surface area contributed by atoms with Crippen LogP contribution in [0.5, 0.6) is 0 Å². The van der Waals surface area contributed by atoms with E-state index in [1.165, 1.54) is 20.2 Å². The number of aromatic nitrogens is 2.